The number of nitrogens with two attached hydrogens (primary N) is 1. The zero-order valence-electron chi connectivity index (χ0n) is 22.1. The molecule has 2 saturated heterocycles. The smallest absolute Gasteiger partial charge is 0.253 e. The fraction of sp³-hybridized carbons (Fsp3) is 0.593. The summed E-state index contributed by atoms with van der Waals surface area (Å²) in [6, 6.07) is 7.10. The third-order valence-corrected chi connectivity index (χ3v) is 9.92. The van der Waals surface area contributed by atoms with Crippen LogP contribution in [0.4, 0.5) is 11.6 Å². The van der Waals surface area contributed by atoms with Crippen molar-refractivity contribution >= 4 is 27.4 Å². The van der Waals surface area contributed by atoms with Crippen molar-refractivity contribution < 1.29 is 13.2 Å². The molecule has 3 fully saturated rings. The van der Waals surface area contributed by atoms with Gasteiger partial charge in [-0.25, -0.2) is 18.4 Å². The summed E-state index contributed by atoms with van der Waals surface area (Å²) in [5.74, 6) is 0.528. The summed E-state index contributed by atoms with van der Waals surface area (Å²) in [7, 11) is -4.12. The van der Waals surface area contributed by atoms with Crippen molar-refractivity contribution in [1.82, 2.24) is 14.9 Å². The number of amides is 1. The zero-order valence-corrected chi connectivity index (χ0v) is 22.9. The minimum absolute atomic E-state index is 0.0675. The number of anilines is 2. The van der Waals surface area contributed by atoms with E-state index in [2.05, 4.69) is 40.5 Å². The maximum atomic E-state index is 13.9. The van der Waals surface area contributed by atoms with E-state index < -0.39 is 15.7 Å². The number of hydrogen-bond donors (Lipinski definition) is 1. The Kier molecular flexibility index (Phi) is 6.91. The van der Waals surface area contributed by atoms with Gasteiger partial charge < -0.3 is 15.5 Å². The van der Waals surface area contributed by atoms with E-state index in [0.29, 0.717) is 30.1 Å². The molecule has 10 heteroatoms. The number of aromatic nitrogens is 2. The predicted octanol–water partition coefficient (Wildman–Crippen LogP) is 3.10. The highest BCUT2D eigenvalue weighted by molar-refractivity contribution is 7.91. The van der Waals surface area contributed by atoms with E-state index in [1.54, 1.807) is 6.07 Å². The van der Waals surface area contributed by atoms with Crippen molar-refractivity contribution in [3.8, 4) is 0 Å². The van der Waals surface area contributed by atoms with Gasteiger partial charge in [-0.1, -0.05) is 25.8 Å². The van der Waals surface area contributed by atoms with Crippen LogP contribution in [0.25, 0.3) is 0 Å². The highest BCUT2D eigenvalue weighted by Crippen LogP contribution is 2.39. The molecule has 1 atom stereocenters. The van der Waals surface area contributed by atoms with Gasteiger partial charge in [-0.3, -0.25) is 9.69 Å². The van der Waals surface area contributed by atoms with E-state index in [4.69, 9.17) is 5.73 Å². The Hall–Kier alpha value is -2.72. The lowest BCUT2D eigenvalue weighted by molar-refractivity contribution is 0.0997. The summed E-state index contributed by atoms with van der Waals surface area (Å²) in [6.45, 7) is 10.5. The summed E-state index contributed by atoms with van der Waals surface area (Å²) in [6.07, 6.45) is 7.52. The van der Waals surface area contributed by atoms with E-state index in [0.717, 1.165) is 32.6 Å². The first-order valence-corrected chi connectivity index (χ1v) is 14.8. The van der Waals surface area contributed by atoms with Crippen LogP contribution in [0.15, 0.2) is 40.4 Å². The van der Waals surface area contributed by atoms with Crippen LogP contribution in [0, 0.1) is 5.92 Å². The molecule has 1 aliphatic carbocycles. The Balaban J connectivity index is 1.45. The molecule has 4 heterocycles. The number of primary amides is 1. The Morgan fingerprint density at radius 3 is 2.41 bits per heavy atom. The molecule has 200 valence electrons. The molecule has 3 aliphatic rings. The van der Waals surface area contributed by atoms with Crippen LogP contribution in [0.5, 0.6) is 0 Å². The zero-order chi connectivity index (χ0) is 26.4. The molecule has 0 bridgehead atoms. The Bertz CT molecular complexity index is 1270. The van der Waals surface area contributed by atoms with E-state index in [1.807, 2.05) is 11.0 Å². The third-order valence-electron chi connectivity index (χ3n) is 8.22. The van der Waals surface area contributed by atoms with E-state index in [-0.39, 0.29) is 21.0 Å². The number of hydrogen-bond acceptors (Lipinski definition) is 8. The highest BCUT2D eigenvalue weighted by Gasteiger charge is 2.40. The fourth-order valence-electron chi connectivity index (χ4n) is 6.48. The monoisotopic (exact) mass is 526 g/mol. The van der Waals surface area contributed by atoms with E-state index in [9.17, 15) is 13.2 Å². The van der Waals surface area contributed by atoms with Gasteiger partial charge >= 0.3 is 0 Å². The Morgan fingerprint density at radius 2 is 1.78 bits per heavy atom. The lowest BCUT2D eigenvalue weighted by Gasteiger charge is -2.38. The molecule has 2 N–H and O–H groups in total. The maximum Gasteiger partial charge on any atom is 0.253 e. The number of piperazine rings is 1. The molecular formula is C27H38N6O3S. The molecule has 2 aliphatic heterocycles. The molecule has 0 aromatic carbocycles. The van der Waals surface area contributed by atoms with Gasteiger partial charge in [-0.05, 0) is 57.2 Å². The number of sulfone groups is 1. The molecule has 2 aromatic heterocycles. The van der Waals surface area contributed by atoms with Crippen LogP contribution in [0.2, 0.25) is 0 Å². The average Bonchev–Trinajstić information content (AvgIpc) is 3.50. The fourth-order valence-corrected chi connectivity index (χ4v) is 7.88. The SMILES string of the molecule is CC1CN(c2nccc(S(=O)(=O)c3cccc(N4CCN(C5CCCC5)CC4)n3)c2C(N)=O)C(C)(C)C1. The van der Waals surface area contributed by atoms with Crippen molar-refractivity contribution in [1.29, 1.82) is 0 Å². The average molecular weight is 527 g/mol. The number of carbonyl (C=O) groups is 1. The lowest BCUT2D eigenvalue weighted by atomic mass is 9.97. The van der Waals surface area contributed by atoms with Crippen LogP contribution in [-0.4, -0.2) is 73.5 Å². The highest BCUT2D eigenvalue weighted by atomic mass is 32.2. The molecular weight excluding hydrogens is 488 g/mol. The van der Waals surface area contributed by atoms with Gasteiger partial charge in [-0.2, -0.15) is 0 Å². The van der Waals surface area contributed by atoms with E-state index in [1.165, 1.54) is 44.0 Å². The van der Waals surface area contributed by atoms with Crippen molar-refractivity contribution in [2.45, 2.75) is 74.4 Å². The Labute approximate surface area is 220 Å². The number of nitrogens with zero attached hydrogens (tertiary/aromatic N) is 5. The minimum atomic E-state index is -4.12. The van der Waals surface area contributed by atoms with Gasteiger partial charge in [-0.15, -0.1) is 0 Å². The number of pyridine rings is 2. The van der Waals surface area contributed by atoms with Crippen LogP contribution in [0.1, 0.15) is 63.2 Å². The standard InChI is InChI=1S/C27H38N6O3S/c1-19-17-27(2,3)33(18-19)26-24(25(28)34)21(11-12-29-26)37(35,36)23-10-6-9-22(30-23)32-15-13-31(14-16-32)20-7-4-5-8-20/h6,9-12,19-20H,4-5,7-8,13-18H2,1-3H3,(H2,28,34). The van der Waals surface area contributed by atoms with Crippen LogP contribution in [0.3, 0.4) is 0 Å². The molecule has 37 heavy (non-hydrogen) atoms. The van der Waals surface area contributed by atoms with Gasteiger partial charge in [0.1, 0.15) is 17.2 Å². The molecule has 1 amide bonds. The van der Waals surface area contributed by atoms with Crippen molar-refractivity contribution in [3.63, 3.8) is 0 Å². The first-order chi connectivity index (χ1) is 17.6. The molecule has 1 unspecified atom stereocenters. The maximum absolute atomic E-state index is 13.9. The molecule has 0 spiro atoms. The van der Waals surface area contributed by atoms with Gasteiger partial charge in [0.2, 0.25) is 9.84 Å². The molecule has 5 rings (SSSR count). The second kappa shape index (κ2) is 9.87. The minimum Gasteiger partial charge on any atom is -0.365 e. The van der Waals surface area contributed by atoms with Crippen LogP contribution >= 0.6 is 0 Å². The van der Waals surface area contributed by atoms with Crippen molar-refractivity contribution in [3.05, 3.63) is 36.0 Å². The van der Waals surface area contributed by atoms with Gasteiger partial charge in [0, 0.05) is 50.5 Å². The predicted molar refractivity (Wildman–Crippen MR) is 144 cm³/mol. The summed E-state index contributed by atoms with van der Waals surface area (Å²) < 4.78 is 27.7. The number of rotatable bonds is 6. The summed E-state index contributed by atoms with van der Waals surface area (Å²) in [4.78, 5) is 28.3. The van der Waals surface area contributed by atoms with Crippen LogP contribution in [-0.2, 0) is 9.84 Å². The second-order valence-electron chi connectivity index (χ2n) is 11.4. The molecule has 1 saturated carbocycles. The number of carbonyl (C=O) groups excluding carboxylic acids is 1. The molecule has 9 nitrogen and oxygen atoms in total. The van der Waals surface area contributed by atoms with Crippen LogP contribution < -0.4 is 15.5 Å². The van der Waals surface area contributed by atoms with Crippen molar-refractivity contribution in [2.75, 3.05) is 42.5 Å². The lowest BCUT2D eigenvalue weighted by Crippen LogP contribution is -2.50. The first kappa shape index (κ1) is 25.9. The summed E-state index contributed by atoms with van der Waals surface area (Å²) in [5, 5.41) is -0.0862. The topological polar surface area (TPSA) is 113 Å². The van der Waals surface area contributed by atoms with Gasteiger partial charge in [0.25, 0.3) is 5.91 Å². The normalized spacial score (nSPS) is 23.1. The summed E-state index contributed by atoms with van der Waals surface area (Å²) >= 11 is 0. The Morgan fingerprint density at radius 1 is 1.08 bits per heavy atom. The second-order valence-corrected chi connectivity index (χ2v) is 13.3. The molecule has 2 aromatic rings. The van der Waals surface area contributed by atoms with Crippen molar-refractivity contribution in [2.24, 2.45) is 11.7 Å². The van der Waals surface area contributed by atoms with Gasteiger partial charge in [0.15, 0.2) is 5.03 Å². The third kappa shape index (κ3) is 4.93. The first-order valence-electron chi connectivity index (χ1n) is 13.4. The summed E-state index contributed by atoms with van der Waals surface area (Å²) in [5.41, 5.74) is 5.44. The van der Waals surface area contributed by atoms with Gasteiger partial charge in [0.05, 0.1) is 4.90 Å². The van der Waals surface area contributed by atoms with E-state index >= 15 is 0 Å². The largest absolute Gasteiger partial charge is 0.365 e. The molecule has 0 radical (unpaired) electrons. The quantitative estimate of drug-likeness (QED) is 0.611.